The maximum Gasteiger partial charge on any atom is 0.256 e. The lowest BCUT2D eigenvalue weighted by atomic mass is 10.0. The first-order chi connectivity index (χ1) is 16.5. The predicted octanol–water partition coefficient (Wildman–Crippen LogP) is 5.84. The van der Waals surface area contributed by atoms with Gasteiger partial charge in [-0.1, -0.05) is 29.8 Å². The summed E-state index contributed by atoms with van der Waals surface area (Å²) in [7, 11) is 6.17. The number of fused-ring (bicyclic) bond motifs is 1. The number of amides is 1. The number of aromatic nitrogens is 1. The predicted molar refractivity (Wildman–Crippen MR) is 133 cm³/mol. The van der Waals surface area contributed by atoms with Crippen LogP contribution in [-0.2, 0) is 0 Å². The van der Waals surface area contributed by atoms with Gasteiger partial charge in [-0.25, -0.2) is 4.98 Å². The Hall–Kier alpha value is -3.97. The van der Waals surface area contributed by atoms with Crippen molar-refractivity contribution in [3.05, 3.63) is 71.2 Å². The van der Waals surface area contributed by atoms with E-state index in [-0.39, 0.29) is 5.91 Å². The van der Waals surface area contributed by atoms with Gasteiger partial charge < -0.3 is 24.3 Å². The lowest BCUT2D eigenvalue weighted by molar-refractivity contribution is 0.102. The average Bonchev–Trinajstić information content (AvgIpc) is 2.87. The highest BCUT2D eigenvalue weighted by molar-refractivity contribution is 6.31. The first-order valence-corrected chi connectivity index (χ1v) is 10.7. The Bertz CT molecular complexity index is 1350. The van der Waals surface area contributed by atoms with Crippen LogP contribution in [0.4, 0.5) is 5.69 Å². The summed E-state index contributed by atoms with van der Waals surface area (Å²) in [6.07, 6.45) is 0. The summed E-state index contributed by atoms with van der Waals surface area (Å²) < 4.78 is 21.8. The van der Waals surface area contributed by atoms with Crippen LogP contribution in [0.25, 0.3) is 22.2 Å². The van der Waals surface area contributed by atoms with Gasteiger partial charge in [0.15, 0.2) is 11.5 Å². The molecule has 0 saturated carbocycles. The van der Waals surface area contributed by atoms with Crippen LogP contribution in [0.3, 0.4) is 0 Å². The molecule has 0 saturated heterocycles. The van der Waals surface area contributed by atoms with Gasteiger partial charge in [-0.05, 0) is 42.5 Å². The highest BCUT2D eigenvalue weighted by Crippen LogP contribution is 2.41. The zero-order valence-electron chi connectivity index (χ0n) is 19.1. The second kappa shape index (κ2) is 9.89. The van der Waals surface area contributed by atoms with Crippen LogP contribution in [0, 0.1) is 0 Å². The van der Waals surface area contributed by atoms with Crippen LogP contribution in [0.5, 0.6) is 23.0 Å². The van der Waals surface area contributed by atoms with Crippen LogP contribution in [0.15, 0.2) is 60.7 Å². The molecule has 4 rings (SSSR count). The fourth-order valence-corrected chi connectivity index (χ4v) is 3.88. The largest absolute Gasteiger partial charge is 0.495 e. The fraction of sp³-hybridized carbons (Fsp3) is 0.154. The van der Waals surface area contributed by atoms with E-state index in [0.717, 1.165) is 0 Å². The smallest absolute Gasteiger partial charge is 0.256 e. The van der Waals surface area contributed by atoms with E-state index in [1.807, 2.05) is 24.3 Å². The topological polar surface area (TPSA) is 78.9 Å². The van der Waals surface area contributed by atoms with Gasteiger partial charge in [0.1, 0.15) is 5.75 Å². The van der Waals surface area contributed by atoms with Crippen molar-refractivity contribution in [2.45, 2.75) is 0 Å². The molecule has 4 aromatic rings. The number of ether oxygens (including phenoxy) is 4. The molecule has 0 aliphatic rings. The molecule has 0 unspecified atom stereocenters. The number of benzene rings is 3. The molecule has 8 heteroatoms. The minimum absolute atomic E-state index is 0.326. The lowest BCUT2D eigenvalue weighted by Gasteiger charge is -2.15. The molecule has 34 heavy (non-hydrogen) atoms. The molecular formula is C26H23ClN2O5. The Morgan fingerprint density at radius 2 is 1.50 bits per heavy atom. The fourth-order valence-electron chi connectivity index (χ4n) is 3.71. The molecule has 1 N–H and O–H groups in total. The van der Waals surface area contributed by atoms with E-state index < -0.39 is 0 Å². The summed E-state index contributed by atoms with van der Waals surface area (Å²) in [6.45, 7) is 0. The maximum absolute atomic E-state index is 13.4. The zero-order chi connectivity index (χ0) is 24.2. The van der Waals surface area contributed by atoms with Crippen molar-refractivity contribution in [2.24, 2.45) is 0 Å². The van der Waals surface area contributed by atoms with E-state index in [9.17, 15) is 4.79 Å². The maximum atomic E-state index is 13.4. The first kappa shape index (κ1) is 23.2. The van der Waals surface area contributed by atoms with Gasteiger partial charge in [-0.2, -0.15) is 0 Å². The molecule has 1 heterocycles. The lowest BCUT2D eigenvalue weighted by Crippen LogP contribution is -2.14. The summed E-state index contributed by atoms with van der Waals surface area (Å²) in [4.78, 5) is 18.2. The number of anilines is 1. The SMILES string of the molecule is COc1ccc(Cl)cc1NC(=O)c1cc(-c2cc(OC)c(OC)c(OC)c2)nc2ccccc12. The minimum atomic E-state index is -0.326. The molecule has 174 valence electrons. The molecular weight excluding hydrogens is 456 g/mol. The number of hydrogen-bond donors (Lipinski definition) is 1. The van der Waals surface area contributed by atoms with E-state index in [1.54, 1.807) is 57.7 Å². The van der Waals surface area contributed by atoms with Gasteiger partial charge in [-0.3, -0.25) is 4.79 Å². The molecule has 1 amide bonds. The highest BCUT2D eigenvalue weighted by Gasteiger charge is 2.19. The van der Waals surface area contributed by atoms with Crippen LogP contribution in [-0.4, -0.2) is 39.3 Å². The monoisotopic (exact) mass is 478 g/mol. The van der Waals surface area contributed by atoms with Gasteiger partial charge in [-0.15, -0.1) is 0 Å². The van der Waals surface area contributed by atoms with Crippen LogP contribution in [0.1, 0.15) is 10.4 Å². The Labute approximate surface area is 202 Å². The number of carbonyl (C=O) groups is 1. The first-order valence-electron chi connectivity index (χ1n) is 10.3. The Morgan fingerprint density at radius 3 is 2.15 bits per heavy atom. The Kier molecular flexibility index (Phi) is 6.75. The van der Waals surface area contributed by atoms with Crippen molar-refractivity contribution in [3.8, 4) is 34.3 Å². The third-order valence-electron chi connectivity index (χ3n) is 5.33. The van der Waals surface area contributed by atoms with Gasteiger partial charge in [0.25, 0.3) is 5.91 Å². The van der Waals surface area contributed by atoms with Crippen molar-refractivity contribution in [1.82, 2.24) is 4.98 Å². The molecule has 0 atom stereocenters. The number of carbonyl (C=O) groups excluding carboxylic acids is 1. The van der Waals surface area contributed by atoms with E-state index in [0.29, 0.717) is 61.4 Å². The minimum Gasteiger partial charge on any atom is -0.495 e. The van der Waals surface area contributed by atoms with E-state index >= 15 is 0 Å². The summed E-state index contributed by atoms with van der Waals surface area (Å²) in [5.41, 5.74) is 2.85. The van der Waals surface area contributed by atoms with Crippen LogP contribution in [0.2, 0.25) is 5.02 Å². The highest BCUT2D eigenvalue weighted by atomic mass is 35.5. The van der Waals surface area contributed by atoms with Crippen molar-refractivity contribution in [1.29, 1.82) is 0 Å². The zero-order valence-corrected chi connectivity index (χ0v) is 19.9. The third kappa shape index (κ3) is 4.43. The molecule has 0 fully saturated rings. The third-order valence-corrected chi connectivity index (χ3v) is 5.57. The number of halogens is 1. The molecule has 0 aliphatic carbocycles. The van der Waals surface area contributed by atoms with Crippen LogP contribution >= 0.6 is 11.6 Å². The van der Waals surface area contributed by atoms with Gasteiger partial charge in [0.2, 0.25) is 5.75 Å². The summed E-state index contributed by atoms with van der Waals surface area (Å²) >= 11 is 6.13. The van der Waals surface area contributed by atoms with Crippen LogP contribution < -0.4 is 24.3 Å². The second-order valence-corrected chi connectivity index (χ2v) is 7.72. The number of nitrogens with one attached hydrogen (secondary N) is 1. The molecule has 0 bridgehead atoms. The van der Waals surface area contributed by atoms with E-state index in [1.165, 1.54) is 7.11 Å². The number of rotatable bonds is 7. The quantitative estimate of drug-likeness (QED) is 0.359. The van der Waals surface area contributed by atoms with Crippen molar-refractivity contribution < 1.29 is 23.7 Å². The number of hydrogen-bond acceptors (Lipinski definition) is 6. The standard InChI is InChI=1S/C26H23ClN2O5/c1-31-22-10-9-16(27)13-21(22)29-26(30)18-14-20(28-19-8-6-5-7-17(18)19)15-11-23(32-2)25(34-4)24(12-15)33-3/h5-14H,1-4H3,(H,29,30). The molecule has 1 aromatic heterocycles. The summed E-state index contributed by atoms with van der Waals surface area (Å²) in [5.74, 6) is 1.62. The Morgan fingerprint density at radius 1 is 0.824 bits per heavy atom. The molecule has 0 spiro atoms. The number of methoxy groups -OCH3 is 4. The molecule has 0 aliphatic heterocycles. The molecule has 7 nitrogen and oxygen atoms in total. The van der Waals surface area contributed by atoms with E-state index in [2.05, 4.69) is 5.32 Å². The average molecular weight is 479 g/mol. The van der Waals surface area contributed by atoms with E-state index in [4.69, 9.17) is 35.5 Å². The van der Waals surface area contributed by atoms with Crippen molar-refractivity contribution in [2.75, 3.05) is 33.8 Å². The summed E-state index contributed by atoms with van der Waals surface area (Å²) in [5, 5.41) is 4.09. The molecule has 3 aromatic carbocycles. The number of pyridine rings is 1. The van der Waals surface area contributed by atoms with Gasteiger partial charge >= 0.3 is 0 Å². The molecule has 0 radical (unpaired) electrons. The Balaban J connectivity index is 1.85. The second-order valence-electron chi connectivity index (χ2n) is 7.28. The van der Waals surface area contributed by atoms with Gasteiger partial charge in [0.05, 0.1) is 50.9 Å². The number of para-hydroxylation sites is 1. The van der Waals surface area contributed by atoms with Crippen molar-refractivity contribution in [3.63, 3.8) is 0 Å². The normalized spacial score (nSPS) is 10.6. The number of nitrogens with zero attached hydrogens (tertiary/aromatic N) is 1. The van der Waals surface area contributed by atoms with Crippen molar-refractivity contribution >= 4 is 34.1 Å². The summed E-state index contributed by atoms with van der Waals surface area (Å²) in [6, 6.07) is 17.8. The van der Waals surface area contributed by atoms with Gasteiger partial charge in [0, 0.05) is 16.0 Å².